The van der Waals surface area contributed by atoms with Crippen LogP contribution in [0.4, 0.5) is 24.7 Å². The van der Waals surface area contributed by atoms with E-state index < -0.39 is 21.8 Å². The molecule has 2 aromatic heterocycles. The second-order valence-corrected chi connectivity index (χ2v) is 8.77. The Labute approximate surface area is 171 Å². The minimum Gasteiger partial charge on any atom is -0.340 e. The van der Waals surface area contributed by atoms with Gasteiger partial charge in [-0.1, -0.05) is 0 Å². The molecule has 0 spiro atoms. The molecule has 1 aliphatic rings. The molecule has 0 radical (unpaired) electrons. The van der Waals surface area contributed by atoms with Crippen molar-refractivity contribution in [1.29, 1.82) is 0 Å². The minimum atomic E-state index is -4.47. The first-order valence-corrected chi connectivity index (χ1v) is 10.6. The first-order valence-electron chi connectivity index (χ1n) is 9.09. The Morgan fingerprint density at radius 1 is 1.13 bits per heavy atom. The molecule has 0 unspecified atom stereocenters. The highest BCUT2D eigenvalue weighted by atomic mass is 32.2. The summed E-state index contributed by atoms with van der Waals surface area (Å²) in [5, 5.41) is 2.90. The molecular formula is C19H18F3N5O2S. The van der Waals surface area contributed by atoms with E-state index in [4.69, 9.17) is 0 Å². The molecule has 4 rings (SSSR count). The molecule has 0 aliphatic heterocycles. The van der Waals surface area contributed by atoms with Crippen LogP contribution < -0.4 is 10.0 Å². The molecule has 1 saturated carbocycles. The summed E-state index contributed by atoms with van der Waals surface area (Å²) in [6.07, 6.45) is 1.84. The lowest BCUT2D eigenvalue weighted by atomic mass is 10.1. The van der Waals surface area contributed by atoms with Crippen molar-refractivity contribution < 1.29 is 21.6 Å². The molecule has 0 bridgehead atoms. The van der Waals surface area contributed by atoms with Gasteiger partial charge in [-0.15, -0.1) is 0 Å². The summed E-state index contributed by atoms with van der Waals surface area (Å²) in [7, 11) is -2.43. The van der Waals surface area contributed by atoms with Crippen molar-refractivity contribution in [2.24, 2.45) is 0 Å². The predicted octanol–water partition coefficient (Wildman–Crippen LogP) is 3.95. The van der Waals surface area contributed by atoms with Crippen LogP contribution >= 0.6 is 0 Å². The Balaban J connectivity index is 1.69. The van der Waals surface area contributed by atoms with E-state index in [0.717, 1.165) is 25.1 Å². The van der Waals surface area contributed by atoms with Crippen LogP contribution in [-0.2, 0) is 16.2 Å². The smallest absolute Gasteiger partial charge is 0.340 e. The van der Waals surface area contributed by atoms with E-state index in [-0.39, 0.29) is 10.7 Å². The molecule has 2 heterocycles. The average Bonchev–Trinajstić information content (AvgIpc) is 3.44. The number of hydrogen-bond acceptors (Lipinski definition) is 5. The predicted molar refractivity (Wildman–Crippen MR) is 105 cm³/mol. The van der Waals surface area contributed by atoms with Gasteiger partial charge in [0.1, 0.15) is 5.82 Å². The highest BCUT2D eigenvalue weighted by Gasteiger charge is 2.30. The first-order chi connectivity index (χ1) is 14.2. The molecule has 1 aromatic carbocycles. The summed E-state index contributed by atoms with van der Waals surface area (Å²) in [6.45, 7) is 0. The van der Waals surface area contributed by atoms with Crippen molar-refractivity contribution in [2.75, 3.05) is 12.4 Å². The molecule has 1 aliphatic carbocycles. The zero-order valence-electron chi connectivity index (χ0n) is 15.8. The molecule has 0 amide bonds. The van der Waals surface area contributed by atoms with Crippen molar-refractivity contribution in [3.05, 3.63) is 54.6 Å². The van der Waals surface area contributed by atoms with E-state index in [1.54, 1.807) is 18.6 Å². The van der Waals surface area contributed by atoms with Crippen LogP contribution in [0.15, 0.2) is 53.9 Å². The van der Waals surface area contributed by atoms with Gasteiger partial charge in [-0.05, 0) is 50.2 Å². The maximum Gasteiger partial charge on any atom is 0.417 e. The van der Waals surface area contributed by atoms with Crippen LogP contribution in [0.25, 0.3) is 11.3 Å². The molecule has 158 valence electrons. The van der Waals surface area contributed by atoms with E-state index in [1.165, 1.54) is 25.2 Å². The van der Waals surface area contributed by atoms with Gasteiger partial charge in [0.05, 0.1) is 22.5 Å². The normalized spacial score (nSPS) is 14.7. The molecule has 2 N–H and O–H groups in total. The molecular weight excluding hydrogens is 419 g/mol. The molecule has 7 nitrogen and oxygen atoms in total. The van der Waals surface area contributed by atoms with Crippen molar-refractivity contribution in [1.82, 2.24) is 19.3 Å². The highest BCUT2D eigenvalue weighted by molar-refractivity contribution is 7.89. The number of imidazole rings is 1. The number of halogens is 3. The summed E-state index contributed by atoms with van der Waals surface area (Å²) < 4.78 is 67.3. The number of benzene rings is 1. The number of aromatic nitrogens is 3. The largest absolute Gasteiger partial charge is 0.417 e. The van der Waals surface area contributed by atoms with Crippen molar-refractivity contribution in [2.45, 2.75) is 30.0 Å². The highest BCUT2D eigenvalue weighted by Crippen LogP contribution is 2.37. The molecule has 0 atom stereocenters. The second-order valence-electron chi connectivity index (χ2n) is 6.91. The fourth-order valence-corrected chi connectivity index (χ4v) is 3.90. The van der Waals surface area contributed by atoms with Crippen molar-refractivity contribution in [3.8, 4) is 11.3 Å². The average molecular weight is 437 g/mol. The van der Waals surface area contributed by atoms with Crippen LogP contribution in [0, 0.1) is 0 Å². The van der Waals surface area contributed by atoms with E-state index in [9.17, 15) is 21.6 Å². The van der Waals surface area contributed by atoms with Crippen molar-refractivity contribution >= 4 is 21.5 Å². The third kappa shape index (κ3) is 4.17. The number of pyridine rings is 1. The number of nitrogens with one attached hydrogen (secondary N) is 2. The van der Waals surface area contributed by atoms with E-state index >= 15 is 0 Å². The van der Waals surface area contributed by atoms with Crippen LogP contribution in [-0.4, -0.2) is 30.0 Å². The third-order valence-corrected chi connectivity index (χ3v) is 6.22. The molecule has 1 fully saturated rings. The van der Waals surface area contributed by atoms with E-state index in [2.05, 4.69) is 20.0 Å². The second kappa shape index (κ2) is 7.40. The third-order valence-electron chi connectivity index (χ3n) is 4.75. The van der Waals surface area contributed by atoms with Gasteiger partial charge in [0.25, 0.3) is 0 Å². The van der Waals surface area contributed by atoms with Gasteiger partial charge in [0.15, 0.2) is 0 Å². The Bertz CT molecular complexity index is 1170. The standard InChI is InChI=1S/C19H18F3N5O2S/c1-23-30(28,29)17-6-3-13(26-18-7-2-12(9-24-18)19(20,21)22)8-15(17)16-10-27(11-25-16)14-4-5-14/h2-3,6-11,14,23H,4-5H2,1H3,(H,24,26). The van der Waals surface area contributed by atoms with Gasteiger partial charge in [0, 0.05) is 29.7 Å². The van der Waals surface area contributed by atoms with Crippen LogP contribution in [0.5, 0.6) is 0 Å². The first kappa shape index (κ1) is 20.4. The Morgan fingerprint density at radius 3 is 2.50 bits per heavy atom. The Hall–Kier alpha value is -2.92. The number of alkyl halides is 3. The number of anilines is 2. The SMILES string of the molecule is CNS(=O)(=O)c1ccc(Nc2ccc(C(F)(F)F)cn2)cc1-c1cn(C2CC2)cn1. The Kier molecular flexibility index (Phi) is 5.02. The monoisotopic (exact) mass is 437 g/mol. The zero-order valence-corrected chi connectivity index (χ0v) is 16.6. The van der Waals surface area contributed by atoms with Gasteiger partial charge in [-0.25, -0.2) is 23.1 Å². The lowest BCUT2D eigenvalue weighted by Gasteiger charge is -2.12. The van der Waals surface area contributed by atoms with Crippen LogP contribution in [0.3, 0.4) is 0 Å². The lowest BCUT2D eigenvalue weighted by molar-refractivity contribution is -0.137. The zero-order chi connectivity index (χ0) is 21.5. The lowest BCUT2D eigenvalue weighted by Crippen LogP contribution is -2.19. The van der Waals surface area contributed by atoms with Crippen LogP contribution in [0.2, 0.25) is 0 Å². The molecule has 11 heteroatoms. The maximum absolute atomic E-state index is 12.7. The number of rotatable bonds is 6. The summed E-state index contributed by atoms with van der Waals surface area (Å²) >= 11 is 0. The van der Waals surface area contributed by atoms with Gasteiger partial charge in [-0.2, -0.15) is 13.2 Å². The summed E-state index contributed by atoms with van der Waals surface area (Å²) in [6, 6.07) is 7.04. The van der Waals surface area contributed by atoms with Gasteiger partial charge in [-0.3, -0.25) is 0 Å². The summed E-state index contributed by atoms with van der Waals surface area (Å²) in [4.78, 5) is 8.18. The Morgan fingerprint density at radius 2 is 1.90 bits per heavy atom. The maximum atomic E-state index is 12.7. The quantitative estimate of drug-likeness (QED) is 0.610. The van der Waals surface area contributed by atoms with E-state index in [0.29, 0.717) is 23.0 Å². The van der Waals surface area contributed by atoms with Crippen LogP contribution in [0.1, 0.15) is 24.4 Å². The topological polar surface area (TPSA) is 88.9 Å². The van der Waals surface area contributed by atoms with Gasteiger partial charge < -0.3 is 9.88 Å². The summed E-state index contributed by atoms with van der Waals surface area (Å²) in [5.74, 6) is 0.196. The van der Waals surface area contributed by atoms with Gasteiger partial charge >= 0.3 is 6.18 Å². The fourth-order valence-electron chi connectivity index (χ4n) is 2.98. The molecule has 0 saturated heterocycles. The molecule has 30 heavy (non-hydrogen) atoms. The number of nitrogens with zero attached hydrogens (tertiary/aromatic N) is 3. The minimum absolute atomic E-state index is 0.0528. The number of sulfonamides is 1. The fraction of sp³-hybridized carbons (Fsp3) is 0.263. The number of hydrogen-bond donors (Lipinski definition) is 2. The van der Waals surface area contributed by atoms with Crippen molar-refractivity contribution in [3.63, 3.8) is 0 Å². The summed E-state index contributed by atoms with van der Waals surface area (Å²) in [5.41, 5.74) is 0.475. The van der Waals surface area contributed by atoms with E-state index in [1.807, 2.05) is 4.57 Å². The van der Waals surface area contributed by atoms with Gasteiger partial charge in [0.2, 0.25) is 10.0 Å². The molecule has 3 aromatic rings.